The largest absolute Gasteiger partial charge is 0.419 e. The molecule has 0 bridgehead atoms. The van der Waals surface area contributed by atoms with E-state index in [1.54, 1.807) is 15.5 Å². The van der Waals surface area contributed by atoms with Crippen LogP contribution in [0, 0.1) is 29.8 Å². The summed E-state index contributed by atoms with van der Waals surface area (Å²) >= 11 is 0. The third-order valence-corrected chi connectivity index (χ3v) is 7.76. The van der Waals surface area contributed by atoms with Gasteiger partial charge >= 0.3 is 6.18 Å². The molecule has 1 aromatic heterocycles. The summed E-state index contributed by atoms with van der Waals surface area (Å²) in [5, 5.41) is 10.6. The monoisotopic (exact) mass is 583 g/mol. The summed E-state index contributed by atoms with van der Waals surface area (Å²) in [7, 11) is -1.25. The van der Waals surface area contributed by atoms with Crippen molar-refractivity contribution in [3.05, 3.63) is 82.3 Å². The number of hydrogen-bond donors (Lipinski definition) is 2. The van der Waals surface area contributed by atoms with E-state index in [2.05, 4.69) is 10.3 Å². The first-order valence-corrected chi connectivity index (χ1v) is 13.8. The summed E-state index contributed by atoms with van der Waals surface area (Å²) in [6, 6.07) is 10.3. The molecule has 0 radical (unpaired) electrons. The molecule has 40 heavy (non-hydrogen) atoms. The Morgan fingerprint density at radius 2 is 1.77 bits per heavy atom. The number of anilines is 3. The van der Waals surface area contributed by atoms with Gasteiger partial charge in [0.15, 0.2) is 17.5 Å². The van der Waals surface area contributed by atoms with Gasteiger partial charge in [-0.2, -0.15) is 13.2 Å². The molecule has 214 valence electrons. The Morgan fingerprint density at radius 1 is 1.10 bits per heavy atom. The molecule has 0 saturated carbocycles. The average molecular weight is 584 g/mol. The lowest BCUT2D eigenvalue weighted by molar-refractivity contribution is -0.140. The van der Waals surface area contributed by atoms with Crippen LogP contribution in [0.25, 0.3) is 0 Å². The van der Waals surface area contributed by atoms with Gasteiger partial charge in [0.2, 0.25) is 0 Å². The van der Waals surface area contributed by atoms with Crippen LogP contribution >= 0.6 is 0 Å². The molecular weight excluding hydrogens is 556 g/mol. The molecule has 0 amide bonds. The van der Waals surface area contributed by atoms with E-state index in [0.29, 0.717) is 19.5 Å². The van der Waals surface area contributed by atoms with Crippen LogP contribution in [0.3, 0.4) is 0 Å². The van der Waals surface area contributed by atoms with Crippen LogP contribution < -0.4 is 10.2 Å². The number of nitrogens with zero attached hydrogens (tertiary/aromatic N) is 3. The average Bonchev–Trinajstić information content (AvgIpc) is 2.89. The lowest BCUT2D eigenvalue weighted by Crippen LogP contribution is -2.55. The Morgan fingerprint density at radius 3 is 2.38 bits per heavy atom. The molecule has 1 aliphatic heterocycles. The molecule has 2 heterocycles. The van der Waals surface area contributed by atoms with Crippen molar-refractivity contribution in [2.75, 3.05) is 36.1 Å². The summed E-state index contributed by atoms with van der Waals surface area (Å²) < 4.78 is 98.6. The summed E-state index contributed by atoms with van der Waals surface area (Å²) in [6.07, 6.45) is -3.05. The molecule has 2 unspecified atom stereocenters. The number of benzene rings is 2. The van der Waals surface area contributed by atoms with E-state index in [0.717, 1.165) is 18.6 Å². The maximum absolute atomic E-state index is 15.6. The van der Waals surface area contributed by atoms with Gasteiger partial charge in [-0.15, -0.1) is 0 Å². The number of piperazine rings is 1. The smallest absolute Gasteiger partial charge is 0.351 e. The van der Waals surface area contributed by atoms with Crippen molar-refractivity contribution in [3.63, 3.8) is 0 Å². The molecule has 2 atom stereocenters. The fraction of sp³-hybridized carbons (Fsp3) is 0.333. The third kappa shape index (κ3) is 6.15. The molecule has 0 spiro atoms. The SMILES string of the molecule is CC(=N)c1nc(N2CCN(S(C)=O)CC2Cc2ccccc2)c(F)cc1Nc1cc(C(F)(F)F)c(F)c(C)c1F. The highest BCUT2D eigenvalue weighted by molar-refractivity contribution is 7.81. The first-order chi connectivity index (χ1) is 18.8. The molecule has 2 aromatic carbocycles. The number of nitrogens with one attached hydrogen (secondary N) is 2. The highest BCUT2D eigenvalue weighted by Crippen LogP contribution is 2.38. The van der Waals surface area contributed by atoms with Crippen molar-refractivity contribution >= 4 is 33.9 Å². The van der Waals surface area contributed by atoms with Gasteiger partial charge in [0.05, 0.1) is 33.6 Å². The molecular formula is C27H27F6N5OS. The number of pyridine rings is 1. The van der Waals surface area contributed by atoms with Crippen LogP contribution in [0.5, 0.6) is 0 Å². The minimum atomic E-state index is -5.09. The molecule has 4 rings (SSSR count). The first-order valence-electron chi connectivity index (χ1n) is 12.3. The van der Waals surface area contributed by atoms with Gasteiger partial charge < -0.3 is 15.6 Å². The van der Waals surface area contributed by atoms with E-state index in [1.807, 2.05) is 30.3 Å². The van der Waals surface area contributed by atoms with Crippen LogP contribution in [0.4, 0.5) is 43.5 Å². The van der Waals surface area contributed by atoms with Crippen molar-refractivity contribution < 1.29 is 30.6 Å². The van der Waals surface area contributed by atoms with Gasteiger partial charge in [-0.3, -0.25) is 0 Å². The Labute approximate surface area is 230 Å². The van der Waals surface area contributed by atoms with E-state index in [9.17, 15) is 26.2 Å². The highest BCUT2D eigenvalue weighted by Gasteiger charge is 2.37. The van der Waals surface area contributed by atoms with E-state index in [-0.39, 0.29) is 41.6 Å². The summed E-state index contributed by atoms with van der Waals surface area (Å²) in [5.41, 5.74) is -2.83. The summed E-state index contributed by atoms with van der Waals surface area (Å²) in [4.78, 5) is 6.06. The molecule has 1 aliphatic rings. The molecule has 1 saturated heterocycles. The molecule has 3 aromatic rings. The second-order valence-corrected chi connectivity index (χ2v) is 10.9. The zero-order valence-electron chi connectivity index (χ0n) is 21.9. The minimum absolute atomic E-state index is 0.0960. The lowest BCUT2D eigenvalue weighted by Gasteiger charge is -2.41. The fourth-order valence-electron chi connectivity index (χ4n) is 4.68. The predicted octanol–water partition coefficient (Wildman–Crippen LogP) is 5.98. The summed E-state index contributed by atoms with van der Waals surface area (Å²) in [5.74, 6) is -3.97. The standard InChI is InChI=1S/C27H27F6N5OS/c1-15-23(29)19(27(31,32)33)12-21(24(15)30)35-22-13-20(28)26(36-25(22)16(2)34)38-10-9-37(40(3)39)14-18(38)11-17-7-5-4-6-8-17/h4-8,12-13,18,34-35H,9-11,14H2,1-3H3. The number of halogens is 6. The Kier molecular flexibility index (Phi) is 8.55. The van der Waals surface area contributed by atoms with Gasteiger partial charge in [0.1, 0.15) is 11.5 Å². The fourth-order valence-corrected chi connectivity index (χ4v) is 5.40. The van der Waals surface area contributed by atoms with Crippen LogP contribution in [0.15, 0.2) is 42.5 Å². The lowest BCUT2D eigenvalue weighted by atomic mass is 10.0. The topological polar surface area (TPSA) is 72.3 Å². The molecule has 2 N–H and O–H groups in total. The van der Waals surface area contributed by atoms with E-state index in [4.69, 9.17) is 5.41 Å². The molecule has 1 fully saturated rings. The maximum Gasteiger partial charge on any atom is 0.419 e. The second-order valence-electron chi connectivity index (χ2n) is 9.51. The summed E-state index contributed by atoms with van der Waals surface area (Å²) in [6.45, 7) is 3.19. The minimum Gasteiger partial charge on any atom is -0.351 e. The van der Waals surface area contributed by atoms with Crippen molar-refractivity contribution in [1.29, 1.82) is 5.41 Å². The Balaban J connectivity index is 1.75. The number of hydrogen-bond acceptors (Lipinski definition) is 5. The second kappa shape index (κ2) is 11.6. The maximum atomic E-state index is 15.6. The molecule has 13 heteroatoms. The number of aromatic nitrogens is 1. The van der Waals surface area contributed by atoms with Crippen LogP contribution in [-0.2, 0) is 23.6 Å². The zero-order chi connectivity index (χ0) is 29.4. The number of alkyl halides is 3. The van der Waals surface area contributed by atoms with Crippen molar-refractivity contribution in [3.8, 4) is 0 Å². The Bertz CT molecular complexity index is 1450. The van der Waals surface area contributed by atoms with E-state index >= 15 is 4.39 Å². The number of rotatable bonds is 7. The predicted molar refractivity (Wildman–Crippen MR) is 143 cm³/mol. The van der Waals surface area contributed by atoms with Gasteiger partial charge in [-0.05, 0) is 31.9 Å². The van der Waals surface area contributed by atoms with E-state index in [1.165, 1.54) is 6.92 Å². The van der Waals surface area contributed by atoms with Crippen molar-refractivity contribution in [2.24, 2.45) is 0 Å². The van der Waals surface area contributed by atoms with Gasteiger partial charge in [-0.25, -0.2) is 26.7 Å². The normalized spacial score (nSPS) is 17.1. The van der Waals surface area contributed by atoms with Crippen molar-refractivity contribution in [1.82, 2.24) is 9.29 Å². The quantitative estimate of drug-likeness (QED) is 0.265. The van der Waals surface area contributed by atoms with Crippen LogP contribution in [0.1, 0.15) is 29.3 Å². The van der Waals surface area contributed by atoms with Gasteiger partial charge in [0, 0.05) is 43.6 Å². The van der Waals surface area contributed by atoms with E-state index < -0.39 is 51.4 Å². The van der Waals surface area contributed by atoms with Crippen LogP contribution in [0.2, 0.25) is 0 Å². The molecule has 0 aliphatic carbocycles. The zero-order valence-corrected chi connectivity index (χ0v) is 22.7. The first kappa shape index (κ1) is 29.5. The van der Waals surface area contributed by atoms with Gasteiger partial charge in [0.25, 0.3) is 0 Å². The molecule has 6 nitrogen and oxygen atoms in total. The van der Waals surface area contributed by atoms with Gasteiger partial charge in [-0.1, -0.05) is 30.3 Å². The third-order valence-electron chi connectivity index (χ3n) is 6.70. The highest BCUT2D eigenvalue weighted by atomic mass is 32.2. The Hall–Kier alpha value is -3.45. The van der Waals surface area contributed by atoms with Crippen LogP contribution in [-0.4, -0.2) is 51.1 Å². The van der Waals surface area contributed by atoms with Crippen molar-refractivity contribution in [2.45, 2.75) is 32.5 Å².